The number of carbonyl (C=O) groups is 1. The summed E-state index contributed by atoms with van der Waals surface area (Å²) in [5, 5.41) is 15.9. The Morgan fingerprint density at radius 2 is 2.25 bits per heavy atom. The first kappa shape index (κ1) is 13.0. The van der Waals surface area contributed by atoms with Crippen LogP contribution < -0.4 is 10.6 Å². The number of halogens is 1. The number of hydrogen-bond acceptors (Lipinski definition) is 3. The molecule has 0 aliphatic carbocycles. The van der Waals surface area contributed by atoms with Crippen LogP contribution in [-0.4, -0.2) is 24.6 Å². The maximum absolute atomic E-state index is 11.0. The smallest absolute Gasteiger partial charge is 0.221 e. The van der Waals surface area contributed by atoms with Crippen LogP contribution in [0.1, 0.15) is 18.6 Å². The molecule has 0 aliphatic heterocycles. The van der Waals surface area contributed by atoms with Crippen molar-refractivity contribution in [2.24, 2.45) is 0 Å². The van der Waals surface area contributed by atoms with E-state index in [4.69, 9.17) is 11.6 Å². The second-order valence-corrected chi connectivity index (χ2v) is 3.92. The van der Waals surface area contributed by atoms with Gasteiger partial charge in [0.05, 0.1) is 6.10 Å². The number of hydrogen-bond donors (Lipinski definition) is 3. The molecule has 1 atom stereocenters. The molecular formula is C11H15ClN2O2. The fraction of sp³-hybridized carbons (Fsp3) is 0.364. The number of anilines is 1. The number of benzene rings is 1. The molecular weight excluding hydrogens is 228 g/mol. The quantitative estimate of drug-likeness (QED) is 0.751. The summed E-state index contributed by atoms with van der Waals surface area (Å²) in [7, 11) is 1.75. The van der Waals surface area contributed by atoms with Crippen LogP contribution in [0.4, 0.5) is 5.69 Å². The molecule has 0 aliphatic rings. The first-order chi connectivity index (χ1) is 7.54. The van der Waals surface area contributed by atoms with Crippen molar-refractivity contribution in [2.75, 3.05) is 18.9 Å². The molecule has 88 valence electrons. The third-order valence-electron chi connectivity index (χ3n) is 2.08. The van der Waals surface area contributed by atoms with Crippen LogP contribution in [-0.2, 0) is 4.79 Å². The summed E-state index contributed by atoms with van der Waals surface area (Å²) in [4.78, 5) is 11.0. The number of rotatable bonds is 4. The van der Waals surface area contributed by atoms with Crippen LogP contribution in [0.5, 0.6) is 0 Å². The van der Waals surface area contributed by atoms with Gasteiger partial charge in [0, 0.05) is 29.7 Å². The van der Waals surface area contributed by atoms with Crippen molar-refractivity contribution in [3.8, 4) is 0 Å². The Morgan fingerprint density at radius 1 is 1.56 bits per heavy atom. The van der Waals surface area contributed by atoms with E-state index in [1.165, 1.54) is 6.92 Å². The van der Waals surface area contributed by atoms with Crippen LogP contribution in [0.3, 0.4) is 0 Å². The van der Waals surface area contributed by atoms with E-state index >= 15 is 0 Å². The fourth-order valence-electron chi connectivity index (χ4n) is 1.42. The molecule has 16 heavy (non-hydrogen) atoms. The molecule has 1 unspecified atom stereocenters. The number of carbonyl (C=O) groups excluding carboxylic acids is 1. The minimum Gasteiger partial charge on any atom is -0.387 e. The van der Waals surface area contributed by atoms with Crippen molar-refractivity contribution in [3.63, 3.8) is 0 Å². The molecule has 0 radical (unpaired) electrons. The molecule has 0 saturated heterocycles. The van der Waals surface area contributed by atoms with Crippen molar-refractivity contribution < 1.29 is 9.90 Å². The highest BCUT2D eigenvalue weighted by atomic mass is 35.5. The third-order valence-corrected chi connectivity index (χ3v) is 2.32. The van der Waals surface area contributed by atoms with Gasteiger partial charge in [0.1, 0.15) is 0 Å². The van der Waals surface area contributed by atoms with Gasteiger partial charge in [0.15, 0.2) is 0 Å². The van der Waals surface area contributed by atoms with Crippen LogP contribution in [0.2, 0.25) is 5.02 Å². The number of nitrogens with one attached hydrogen (secondary N) is 2. The SMILES string of the molecule is CNCC(O)c1ccc(Cl)cc1NC(C)=O. The summed E-state index contributed by atoms with van der Waals surface area (Å²) in [6, 6.07) is 5.01. The van der Waals surface area contributed by atoms with E-state index < -0.39 is 6.10 Å². The van der Waals surface area contributed by atoms with Gasteiger partial charge >= 0.3 is 0 Å². The number of aliphatic hydroxyl groups is 1. The summed E-state index contributed by atoms with van der Waals surface area (Å²) >= 11 is 5.83. The lowest BCUT2D eigenvalue weighted by Crippen LogP contribution is -2.18. The monoisotopic (exact) mass is 242 g/mol. The lowest BCUT2D eigenvalue weighted by Gasteiger charge is -2.15. The van der Waals surface area contributed by atoms with Gasteiger partial charge in [-0.1, -0.05) is 17.7 Å². The van der Waals surface area contributed by atoms with E-state index in [2.05, 4.69) is 10.6 Å². The van der Waals surface area contributed by atoms with Gasteiger partial charge in [-0.05, 0) is 19.2 Å². The molecule has 0 bridgehead atoms. The fourth-order valence-corrected chi connectivity index (χ4v) is 1.59. The Hall–Kier alpha value is -1.10. The molecule has 5 heteroatoms. The molecule has 4 nitrogen and oxygen atoms in total. The van der Waals surface area contributed by atoms with Crippen molar-refractivity contribution in [2.45, 2.75) is 13.0 Å². The summed E-state index contributed by atoms with van der Waals surface area (Å²) in [5.74, 6) is -0.194. The topological polar surface area (TPSA) is 61.4 Å². The highest BCUT2D eigenvalue weighted by Crippen LogP contribution is 2.26. The van der Waals surface area contributed by atoms with Gasteiger partial charge < -0.3 is 15.7 Å². The molecule has 0 heterocycles. The molecule has 1 aromatic carbocycles. The Bertz CT molecular complexity index is 382. The molecule has 0 fully saturated rings. The molecule has 0 spiro atoms. The van der Waals surface area contributed by atoms with Gasteiger partial charge in [-0.25, -0.2) is 0 Å². The van der Waals surface area contributed by atoms with E-state index in [9.17, 15) is 9.90 Å². The highest BCUT2D eigenvalue weighted by Gasteiger charge is 2.12. The minimum absolute atomic E-state index is 0.194. The maximum Gasteiger partial charge on any atom is 0.221 e. The van der Waals surface area contributed by atoms with E-state index in [0.29, 0.717) is 22.8 Å². The van der Waals surface area contributed by atoms with Gasteiger partial charge in [0.25, 0.3) is 0 Å². The van der Waals surface area contributed by atoms with Crippen molar-refractivity contribution in [1.29, 1.82) is 0 Å². The van der Waals surface area contributed by atoms with Crippen LogP contribution in [0.25, 0.3) is 0 Å². The summed E-state index contributed by atoms with van der Waals surface area (Å²) in [6.45, 7) is 1.82. The molecule has 1 aromatic rings. The van der Waals surface area contributed by atoms with Crippen molar-refractivity contribution >= 4 is 23.2 Å². The molecule has 3 N–H and O–H groups in total. The Labute approximate surface area is 99.6 Å². The standard InChI is InChI=1S/C11H15ClN2O2/c1-7(15)14-10-5-8(12)3-4-9(10)11(16)6-13-2/h3-5,11,13,16H,6H2,1-2H3,(H,14,15). The highest BCUT2D eigenvalue weighted by molar-refractivity contribution is 6.31. The molecule has 1 amide bonds. The van der Waals surface area contributed by atoms with Crippen LogP contribution >= 0.6 is 11.6 Å². The lowest BCUT2D eigenvalue weighted by molar-refractivity contribution is -0.114. The molecule has 1 rings (SSSR count). The van der Waals surface area contributed by atoms with Gasteiger partial charge in [-0.2, -0.15) is 0 Å². The third kappa shape index (κ3) is 3.48. The molecule has 0 aromatic heterocycles. The van der Waals surface area contributed by atoms with Gasteiger partial charge in [0.2, 0.25) is 5.91 Å². The first-order valence-corrected chi connectivity index (χ1v) is 5.32. The summed E-state index contributed by atoms with van der Waals surface area (Å²) in [6.07, 6.45) is -0.677. The van der Waals surface area contributed by atoms with Crippen LogP contribution in [0.15, 0.2) is 18.2 Å². The second kappa shape index (κ2) is 5.84. The zero-order chi connectivity index (χ0) is 12.1. The van der Waals surface area contributed by atoms with E-state index in [1.54, 1.807) is 25.2 Å². The maximum atomic E-state index is 11.0. The van der Waals surface area contributed by atoms with E-state index in [1.807, 2.05) is 0 Å². The zero-order valence-electron chi connectivity index (χ0n) is 9.25. The van der Waals surface area contributed by atoms with Crippen molar-refractivity contribution in [3.05, 3.63) is 28.8 Å². The summed E-state index contributed by atoms with van der Waals surface area (Å²) in [5.41, 5.74) is 1.19. The Kier molecular flexibility index (Phi) is 4.73. The average Bonchev–Trinajstić information content (AvgIpc) is 2.16. The van der Waals surface area contributed by atoms with Crippen molar-refractivity contribution in [1.82, 2.24) is 5.32 Å². The number of aliphatic hydroxyl groups excluding tert-OH is 1. The van der Waals surface area contributed by atoms with E-state index in [0.717, 1.165) is 0 Å². The largest absolute Gasteiger partial charge is 0.387 e. The van der Waals surface area contributed by atoms with E-state index in [-0.39, 0.29) is 5.91 Å². The normalized spacial score (nSPS) is 12.2. The second-order valence-electron chi connectivity index (χ2n) is 3.49. The first-order valence-electron chi connectivity index (χ1n) is 4.94. The number of amides is 1. The Morgan fingerprint density at radius 3 is 2.81 bits per heavy atom. The average molecular weight is 243 g/mol. The van der Waals surface area contributed by atoms with Crippen LogP contribution in [0, 0.1) is 0 Å². The Balaban J connectivity index is 3.01. The number of likely N-dealkylation sites (N-methyl/N-ethyl adjacent to an activating group) is 1. The lowest BCUT2D eigenvalue weighted by atomic mass is 10.1. The van der Waals surface area contributed by atoms with Gasteiger partial charge in [-0.3, -0.25) is 4.79 Å². The predicted octanol–water partition coefficient (Wildman–Crippen LogP) is 1.55. The zero-order valence-corrected chi connectivity index (χ0v) is 10.0. The van der Waals surface area contributed by atoms with Gasteiger partial charge in [-0.15, -0.1) is 0 Å². The molecule has 0 saturated carbocycles. The predicted molar refractivity (Wildman–Crippen MR) is 64.6 cm³/mol. The summed E-state index contributed by atoms with van der Waals surface area (Å²) < 4.78 is 0. The minimum atomic E-state index is -0.677.